The number of amides is 2. The molecule has 1 aromatic heterocycles. The molecule has 6 heteroatoms. The third-order valence-corrected chi connectivity index (χ3v) is 3.80. The second-order valence-electron chi connectivity index (χ2n) is 5.34. The smallest absolute Gasteiger partial charge is 0.274 e. The van der Waals surface area contributed by atoms with Gasteiger partial charge in [0.2, 0.25) is 5.91 Å². The average Bonchev–Trinajstić information content (AvgIpc) is 3.33. The van der Waals surface area contributed by atoms with Crippen LogP contribution in [-0.2, 0) is 4.79 Å². The second-order valence-corrected chi connectivity index (χ2v) is 5.34. The fourth-order valence-electron chi connectivity index (χ4n) is 2.50. The summed E-state index contributed by atoms with van der Waals surface area (Å²) in [6, 6.07) is 0. The molecule has 2 amide bonds. The van der Waals surface area contributed by atoms with Gasteiger partial charge in [-0.05, 0) is 19.3 Å². The van der Waals surface area contributed by atoms with Crippen LogP contribution in [-0.4, -0.2) is 57.8 Å². The predicted molar refractivity (Wildman–Crippen MR) is 71.9 cm³/mol. The molecule has 1 aliphatic heterocycles. The molecule has 6 nitrogen and oxygen atoms in total. The van der Waals surface area contributed by atoms with Crippen LogP contribution in [0.15, 0.2) is 18.6 Å². The average molecular weight is 274 g/mol. The summed E-state index contributed by atoms with van der Waals surface area (Å²) in [6.45, 7) is 2.62. The summed E-state index contributed by atoms with van der Waals surface area (Å²) in [6.07, 6.45) is 7.43. The lowest BCUT2D eigenvalue weighted by Gasteiger charge is -2.21. The van der Waals surface area contributed by atoms with Gasteiger partial charge in [0.25, 0.3) is 5.91 Å². The molecular formula is C14H18N4O2. The van der Waals surface area contributed by atoms with E-state index in [1.54, 1.807) is 11.1 Å². The Morgan fingerprint density at radius 1 is 1.05 bits per heavy atom. The first-order valence-corrected chi connectivity index (χ1v) is 7.10. The van der Waals surface area contributed by atoms with Crippen LogP contribution in [0.5, 0.6) is 0 Å². The third kappa shape index (κ3) is 2.79. The fraction of sp³-hybridized carbons (Fsp3) is 0.571. The Morgan fingerprint density at radius 3 is 2.50 bits per heavy atom. The zero-order valence-corrected chi connectivity index (χ0v) is 11.4. The Kier molecular flexibility index (Phi) is 3.62. The van der Waals surface area contributed by atoms with Crippen molar-refractivity contribution in [1.29, 1.82) is 0 Å². The maximum absolute atomic E-state index is 12.3. The Hall–Kier alpha value is -1.98. The van der Waals surface area contributed by atoms with Crippen LogP contribution >= 0.6 is 0 Å². The van der Waals surface area contributed by atoms with Gasteiger partial charge in [-0.1, -0.05) is 0 Å². The van der Waals surface area contributed by atoms with Gasteiger partial charge in [0.05, 0.1) is 6.20 Å². The third-order valence-electron chi connectivity index (χ3n) is 3.80. The summed E-state index contributed by atoms with van der Waals surface area (Å²) in [4.78, 5) is 36.0. The predicted octanol–water partition coefficient (Wildman–Crippen LogP) is 0.561. The van der Waals surface area contributed by atoms with E-state index in [1.807, 2.05) is 4.90 Å². The lowest BCUT2D eigenvalue weighted by Crippen LogP contribution is -2.38. The van der Waals surface area contributed by atoms with Crippen LogP contribution in [0.4, 0.5) is 0 Å². The highest BCUT2D eigenvalue weighted by Gasteiger charge is 2.34. The summed E-state index contributed by atoms with van der Waals surface area (Å²) in [5, 5.41) is 0. The largest absolute Gasteiger partial charge is 0.341 e. The van der Waals surface area contributed by atoms with Crippen molar-refractivity contribution in [3.8, 4) is 0 Å². The Morgan fingerprint density at radius 2 is 1.80 bits per heavy atom. The van der Waals surface area contributed by atoms with Crippen molar-refractivity contribution >= 4 is 11.8 Å². The molecule has 0 bridgehead atoms. The van der Waals surface area contributed by atoms with Gasteiger partial charge in [-0.25, -0.2) is 4.98 Å². The number of hydrogen-bond acceptors (Lipinski definition) is 4. The minimum atomic E-state index is -0.0983. The van der Waals surface area contributed by atoms with E-state index in [9.17, 15) is 9.59 Å². The van der Waals surface area contributed by atoms with Crippen molar-refractivity contribution in [1.82, 2.24) is 19.8 Å². The molecular weight excluding hydrogens is 256 g/mol. The highest BCUT2D eigenvalue weighted by atomic mass is 16.2. The molecule has 106 valence electrons. The molecule has 3 rings (SSSR count). The van der Waals surface area contributed by atoms with Crippen LogP contribution in [0.3, 0.4) is 0 Å². The Balaban J connectivity index is 1.62. The van der Waals surface area contributed by atoms with Gasteiger partial charge in [-0.3, -0.25) is 14.6 Å². The normalized spacial score (nSPS) is 19.6. The number of carbonyl (C=O) groups excluding carboxylic acids is 2. The van der Waals surface area contributed by atoms with Crippen molar-refractivity contribution in [2.75, 3.05) is 26.2 Å². The monoisotopic (exact) mass is 274 g/mol. The van der Waals surface area contributed by atoms with Gasteiger partial charge in [0.1, 0.15) is 5.69 Å². The first-order chi connectivity index (χ1) is 9.75. The maximum Gasteiger partial charge on any atom is 0.274 e. The van der Waals surface area contributed by atoms with Crippen molar-refractivity contribution in [2.45, 2.75) is 19.3 Å². The van der Waals surface area contributed by atoms with E-state index < -0.39 is 0 Å². The quantitative estimate of drug-likeness (QED) is 0.790. The molecule has 0 aromatic carbocycles. The van der Waals surface area contributed by atoms with E-state index in [0.717, 1.165) is 25.8 Å². The summed E-state index contributed by atoms with van der Waals surface area (Å²) < 4.78 is 0. The van der Waals surface area contributed by atoms with Crippen LogP contribution in [0.2, 0.25) is 0 Å². The first-order valence-electron chi connectivity index (χ1n) is 7.10. The SMILES string of the molecule is O=C(c1cnccn1)N1CCCN(C(=O)C2CC2)CC1. The zero-order chi connectivity index (χ0) is 13.9. The Labute approximate surface area is 117 Å². The standard InChI is InChI=1S/C14H18N4O2/c19-13(11-2-3-11)17-6-1-7-18(9-8-17)14(20)12-10-15-4-5-16-12/h4-5,10-11H,1-3,6-9H2. The van der Waals surface area contributed by atoms with Gasteiger partial charge in [0, 0.05) is 44.5 Å². The molecule has 0 N–H and O–H groups in total. The summed E-state index contributed by atoms with van der Waals surface area (Å²) >= 11 is 0. The summed E-state index contributed by atoms with van der Waals surface area (Å²) in [7, 11) is 0. The van der Waals surface area contributed by atoms with E-state index in [1.165, 1.54) is 12.4 Å². The number of rotatable bonds is 2. The highest BCUT2D eigenvalue weighted by molar-refractivity contribution is 5.92. The minimum absolute atomic E-state index is 0.0983. The molecule has 2 heterocycles. The maximum atomic E-state index is 12.3. The molecule has 1 saturated heterocycles. The van der Waals surface area contributed by atoms with Crippen molar-refractivity contribution < 1.29 is 9.59 Å². The molecule has 0 atom stereocenters. The number of hydrogen-bond donors (Lipinski definition) is 0. The van der Waals surface area contributed by atoms with Crippen LogP contribution < -0.4 is 0 Å². The van der Waals surface area contributed by atoms with Gasteiger partial charge < -0.3 is 9.80 Å². The summed E-state index contributed by atoms with van der Waals surface area (Å²) in [5.41, 5.74) is 0.370. The van der Waals surface area contributed by atoms with E-state index in [2.05, 4.69) is 9.97 Å². The molecule has 0 unspecified atom stereocenters. The zero-order valence-electron chi connectivity index (χ0n) is 11.4. The number of carbonyl (C=O) groups is 2. The molecule has 1 aliphatic carbocycles. The molecule has 2 aliphatic rings. The Bertz CT molecular complexity index is 501. The molecule has 20 heavy (non-hydrogen) atoms. The van der Waals surface area contributed by atoms with Gasteiger partial charge >= 0.3 is 0 Å². The lowest BCUT2D eigenvalue weighted by atomic mass is 10.3. The van der Waals surface area contributed by atoms with Crippen LogP contribution in [0.1, 0.15) is 29.8 Å². The van der Waals surface area contributed by atoms with Crippen molar-refractivity contribution in [3.05, 3.63) is 24.3 Å². The second kappa shape index (κ2) is 5.56. The van der Waals surface area contributed by atoms with Gasteiger partial charge in [-0.2, -0.15) is 0 Å². The van der Waals surface area contributed by atoms with Crippen molar-refractivity contribution in [2.24, 2.45) is 5.92 Å². The molecule has 0 radical (unpaired) electrons. The summed E-state index contributed by atoms with van der Waals surface area (Å²) in [5.74, 6) is 0.412. The molecule has 0 spiro atoms. The van der Waals surface area contributed by atoms with E-state index >= 15 is 0 Å². The van der Waals surface area contributed by atoms with E-state index in [0.29, 0.717) is 25.3 Å². The number of nitrogens with zero attached hydrogens (tertiary/aromatic N) is 4. The van der Waals surface area contributed by atoms with E-state index in [-0.39, 0.29) is 17.7 Å². The highest BCUT2D eigenvalue weighted by Crippen LogP contribution is 2.31. The minimum Gasteiger partial charge on any atom is -0.341 e. The molecule has 1 saturated carbocycles. The van der Waals surface area contributed by atoms with E-state index in [4.69, 9.17) is 0 Å². The molecule has 1 aromatic rings. The lowest BCUT2D eigenvalue weighted by molar-refractivity contribution is -0.132. The van der Waals surface area contributed by atoms with Crippen LogP contribution in [0, 0.1) is 5.92 Å². The topological polar surface area (TPSA) is 66.4 Å². The first kappa shape index (κ1) is 13.0. The van der Waals surface area contributed by atoms with Crippen molar-refractivity contribution in [3.63, 3.8) is 0 Å². The fourth-order valence-corrected chi connectivity index (χ4v) is 2.50. The van der Waals surface area contributed by atoms with Gasteiger partial charge in [-0.15, -0.1) is 0 Å². The van der Waals surface area contributed by atoms with Crippen LogP contribution in [0.25, 0.3) is 0 Å². The number of aromatic nitrogens is 2. The molecule has 2 fully saturated rings. The van der Waals surface area contributed by atoms with Gasteiger partial charge in [0.15, 0.2) is 0 Å².